The Balaban J connectivity index is 2.13. The second-order valence-electron chi connectivity index (χ2n) is 7.21. The van der Waals surface area contributed by atoms with E-state index in [1.165, 1.54) is 4.90 Å². The lowest BCUT2D eigenvalue weighted by Gasteiger charge is -2.40. The van der Waals surface area contributed by atoms with Gasteiger partial charge >= 0.3 is 6.09 Å². The van der Waals surface area contributed by atoms with Gasteiger partial charge in [0.2, 0.25) is 5.91 Å². The zero-order valence-corrected chi connectivity index (χ0v) is 15.6. The maximum Gasteiger partial charge on any atom is 0.411 e. The largest absolute Gasteiger partial charge is 0.444 e. The van der Waals surface area contributed by atoms with Crippen LogP contribution in [0.4, 0.5) is 4.79 Å². The van der Waals surface area contributed by atoms with E-state index < -0.39 is 23.8 Å². The molecule has 7 nitrogen and oxygen atoms in total. The summed E-state index contributed by atoms with van der Waals surface area (Å²) < 4.78 is 11.1. The number of morpholine rings is 1. The van der Waals surface area contributed by atoms with Crippen molar-refractivity contribution in [3.63, 3.8) is 0 Å². The molecule has 7 heteroatoms. The van der Waals surface area contributed by atoms with Gasteiger partial charge in [-0.1, -0.05) is 6.07 Å². The summed E-state index contributed by atoms with van der Waals surface area (Å²) in [6, 6.07) is 4.85. The van der Waals surface area contributed by atoms with Crippen molar-refractivity contribution in [3.05, 3.63) is 30.1 Å². The average molecular weight is 349 g/mol. The first-order chi connectivity index (χ1) is 11.7. The van der Waals surface area contributed by atoms with Crippen LogP contribution in [0.15, 0.2) is 24.4 Å². The Hall–Kier alpha value is -2.15. The van der Waals surface area contributed by atoms with Crippen molar-refractivity contribution in [3.8, 4) is 0 Å². The van der Waals surface area contributed by atoms with Crippen LogP contribution in [-0.4, -0.2) is 64.7 Å². The number of nitrogens with zero attached hydrogens (tertiary/aromatic N) is 3. The van der Waals surface area contributed by atoms with E-state index in [0.717, 1.165) is 5.69 Å². The first-order valence-electron chi connectivity index (χ1n) is 8.45. The minimum atomic E-state index is -0.711. The second kappa shape index (κ2) is 7.82. The Morgan fingerprint density at radius 1 is 1.40 bits per heavy atom. The second-order valence-corrected chi connectivity index (χ2v) is 7.21. The molecule has 0 bridgehead atoms. The summed E-state index contributed by atoms with van der Waals surface area (Å²) >= 11 is 0. The third kappa shape index (κ3) is 5.16. The Labute approximate surface area is 148 Å². The predicted molar refractivity (Wildman–Crippen MR) is 92.9 cm³/mol. The van der Waals surface area contributed by atoms with Gasteiger partial charge in [-0.3, -0.25) is 14.7 Å². The van der Waals surface area contributed by atoms with Gasteiger partial charge < -0.3 is 14.4 Å². The Bertz CT molecular complexity index is 600. The molecule has 0 unspecified atom stereocenters. The predicted octanol–water partition coefficient (Wildman–Crippen LogP) is 2.06. The SMILES string of the molecule is C[C@H]1OCCN(C(=O)OC(C)(C)C)[C@@H]1C(=O)N(C)Cc1ccccn1. The van der Waals surface area contributed by atoms with Crippen molar-refractivity contribution >= 4 is 12.0 Å². The minimum absolute atomic E-state index is 0.191. The molecule has 2 atom stereocenters. The molecule has 0 saturated carbocycles. The van der Waals surface area contributed by atoms with Crippen molar-refractivity contribution in [1.82, 2.24) is 14.8 Å². The lowest BCUT2D eigenvalue weighted by Crippen LogP contribution is -2.60. The van der Waals surface area contributed by atoms with Gasteiger partial charge in [0.25, 0.3) is 0 Å². The first kappa shape index (κ1) is 19.2. The van der Waals surface area contributed by atoms with Gasteiger partial charge in [-0.05, 0) is 39.8 Å². The van der Waals surface area contributed by atoms with Gasteiger partial charge in [0.05, 0.1) is 24.9 Å². The monoisotopic (exact) mass is 349 g/mol. The number of likely N-dealkylation sites (N-methyl/N-ethyl adjacent to an activating group) is 1. The van der Waals surface area contributed by atoms with E-state index in [2.05, 4.69) is 4.98 Å². The van der Waals surface area contributed by atoms with E-state index in [0.29, 0.717) is 19.7 Å². The van der Waals surface area contributed by atoms with Crippen LogP contribution in [0.25, 0.3) is 0 Å². The molecule has 0 spiro atoms. The summed E-state index contributed by atoms with van der Waals surface area (Å²) in [6.07, 6.45) is 0.791. The van der Waals surface area contributed by atoms with Crippen molar-refractivity contribution in [2.24, 2.45) is 0 Å². The van der Waals surface area contributed by atoms with E-state index in [1.54, 1.807) is 45.8 Å². The summed E-state index contributed by atoms with van der Waals surface area (Å²) in [5.41, 5.74) is 0.165. The third-order valence-corrected chi connectivity index (χ3v) is 3.88. The van der Waals surface area contributed by atoms with Gasteiger partial charge in [-0.25, -0.2) is 4.79 Å². The number of hydrogen-bond acceptors (Lipinski definition) is 5. The number of carbonyl (C=O) groups excluding carboxylic acids is 2. The maximum atomic E-state index is 13.0. The average Bonchev–Trinajstić information content (AvgIpc) is 2.53. The van der Waals surface area contributed by atoms with Gasteiger partial charge in [0.15, 0.2) is 0 Å². The molecule has 1 aliphatic rings. The molecule has 0 radical (unpaired) electrons. The molecule has 1 aromatic heterocycles. The molecule has 2 heterocycles. The number of carbonyl (C=O) groups is 2. The molecule has 25 heavy (non-hydrogen) atoms. The van der Waals surface area contributed by atoms with Crippen molar-refractivity contribution in [2.45, 2.75) is 52.0 Å². The minimum Gasteiger partial charge on any atom is -0.444 e. The molecule has 1 aromatic rings. The topological polar surface area (TPSA) is 72.0 Å². The molecule has 0 aromatic carbocycles. The van der Waals surface area contributed by atoms with Gasteiger partial charge in [-0.2, -0.15) is 0 Å². The Morgan fingerprint density at radius 2 is 2.12 bits per heavy atom. The number of amides is 2. The molecular weight excluding hydrogens is 322 g/mol. The fourth-order valence-electron chi connectivity index (χ4n) is 2.72. The van der Waals surface area contributed by atoms with E-state index in [9.17, 15) is 9.59 Å². The summed E-state index contributed by atoms with van der Waals surface area (Å²) in [5, 5.41) is 0. The van der Waals surface area contributed by atoms with E-state index >= 15 is 0 Å². The molecule has 138 valence electrons. The zero-order chi connectivity index (χ0) is 18.6. The first-order valence-corrected chi connectivity index (χ1v) is 8.45. The third-order valence-electron chi connectivity index (χ3n) is 3.88. The highest BCUT2D eigenvalue weighted by Crippen LogP contribution is 2.20. The summed E-state index contributed by atoms with van der Waals surface area (Å²) in [4.78, 5) is 32.8. The number of ether oxygens (including phenoxy) is 2. The molecule has 0 aliphatic carbocycles. The molecule has 2 rings (SSSR count). The zero-order valence-electron chi connectivity index (χ0n) is 15.6. The van der Waals surface area contributed by atoms with Crippen LogP contribution in [0, 0.1) is 0 Å². The fraction of sp³-hybridized carbons (Fsp3) is 0.611. The van der Waals surface area contributed by atoms with E-state index in [1.807, 2.05) is 18.2 Å². The van der Waals surface area contributed by atoms with E-state index in [4.69, 9.17) is 9.47 Å². The highest BCUT2D eigenvalue weighted by Gasteiger charge is 2.41. The number of pyridine rings is 1. The smallest absolute Gasteiger partial charge is 0.411 e. The summed E-state index contributed by atoms with van der Waals surface area (Å²) in [5.74, 6) is -0.191. The van der Waals surface area contributed by atoms with Gasteiger partial charge in [0.1, 0.15) is 11.6 Å². The maximum absolute atomic E-state index is 13.0. The van der Waals surface area contributed by atoms with Crippen LogP contribution in [0.2, 0.25) is 0 Å². The lowest BCUT2D eigenvalue weighted by atomic mass is 10.1. The van der Waals surface area contributed by atoms with Gasteiger partial charge in [0, 0.05) is 19.8 Å². The van der Waals surface area contributed by atoms with Crippen molar-refractivity contribution in [1.29, 1.82) is 0 Å². The van der Waals surface area contributed by atoms with Crippen LogP contribution >= 0.6 is 0 Å². The van der Waals surface area contributed by atoms with Crippen LogP contribution in [0.3, 0.4) is 0 Å². The number of rotatable bonds is 3. The summed E-state index contributed by atoms with van der Waals surface area (Å²) in [6.45, 7) is 8.29. The fourth-order valence-corrected chi connectivity index (χ4v) is 2.72. The standard InChI is InChI=1S/C18H27N3O4/c1-13-15(16(22)20(5)12-14-8-6-7-9-19-14)21(10-11-24-13)17(23)25-18(2,3)4/h6-9,13,15H,10-12H2,1-5H3/t13-,15+/m1/s1. The molecule has 1 saturated heterocycles. The lowest BCUT2D eigenvalue weighted by molar-refractivity contribution is -0.148. The molecular formula is C18H27N3O4. The van der Waals surface area contributed by atoms with Crippen LogP contribution in [0.5, 0.6) is 0 Å². The molecule has 2 amide bonds. The Kier molecular flexibility index (Phi) is 6.00. The van der Waals surface area contributed by atoms with Crippen molar-refractivity contribution in [2.75, 3.05) is 20.2 Å². The molecule has 1 fully saturated rings. The highest BCUT2D eigenvalue weighted by molar-refractivity contribution is 5.86. The molecule has 1 aliphatic heterocycles. The number of hydrogen-bond donors (Lipinski definition) is 0. The van der Waals surface area contributed by atoms with E-state index in [-0.39, 0.29) is 5.91 Å². The quantitative estimate of drug-likeness (QED) is 0.835. The van der Waals surface area contributed by atoms with Crippen LogP contribution in [-0.2, 0) is 20.8 Å². The highest BCUT2D eigenvalue weighted by atomic mass is 16.6. The van der Waals surface area contributed by atoms with Crippen molar-refractivity contribution < 1.29 is 19.1 Å². The van der Waals surface area contributed by atoms with Crippen LogP contribution in [0.1, 0.15) is 33.4 Å². The Morgan fingerprint density at radius 3 is 2.72 bits per heavy atom. The summed E-state index contributed by atoms with van der Waals surface area (Å²) in [7, 11) is 1.70. The molecule has 0 N–H and O–H groups in total. The normalized spacial score (nSPS) is 20.9. The van der Waals surface area contributed by atoms with Crippen LogP contribution < -0.4 is 0 Å². The number of aromatic nitrogens is 1. The van der Waals surface area contributed by atoms with Gasteiger partial charge in [-0.15, -0.1) is 0 Å².